The van der Waals surface area contributed by atoms with Gasteiger partial charge in [-0.2, -0.15) is 0 Å². The van der Waals surface area contributed by atoms with Crippen molar-refractivity contribution in [3.05, 3.63) is 46.4 Å². The van der Waals surface area contributed by atoms with Crippen LogP contribution in [0.4, 0.5) is 10.5 Å². The number of amides is 3. The van der Waals surface area contributed by atoms with Crippen molar-refractivity contribution in [3.8, 4) is 0 Å². The molecule has 1 aliphatic rings. The number of hydrogen-bond acceptors (Lipinski definition) is 5. The third-order valence-corrected chi connectivity index (χ3v) is 4.87. The van der Waals surface area contributed by atoms with Gasteiger partial charge in [0.25, 0.3) is 5.91 Å². The summed E-state index contributed by atoms with van der Waals surface area (Å²) < 4.78 is 5.49. The van der Waals surface area contributed by atoms with Gasteiger partial charge >= 0.3 is 6.03 Å². The maximum atomic E-state index is 12.1. The highest BCUT2D eigenvalue weighted by atomic mass is 32.1. The van der Waals surface area contributed by atoms with E-state index in [9.17, 15) is 9.59 Å². The molecule has 2 aromatic rings. The molecule has 26 heavy (non-hydrogen) atoms. The molecule has 0 spiro atoms. The van der Waals surface area contributed by atoms with E-state index < -0.39 is 0 Å². The molecule has 3 N–H and O–H groups in total. The molecule has 1 atom stereocenters. The largest absolute Gasteiger partial charge is 0.376 e. The van der Waals surface area contributed by atoms with Crippen LogP contribution in [0.25, 0.3) is 0 Å². The van der Waals surface area contributed by atoms with Crippen molar-refractivity contribution in [1.82, 2.24) is 15.6 Å². The maximum Gasteiger partial charge on any atom is 0.319 e. The molecule has 0 saturated carbocycles. The molecule has 0 aliphatic carbocycles. The van der Waals surface area contributed by atoms with Crippen LogP contribution in [0.1, 0.15) is 28.2 Å². The van der Waals surface area contributed by atoms with Gasteiger partial charge < -0.3 is 20.7 Å². The number of benzene rings is 1. The minimum Gasteiger partial charge on any atom is -0.376 e. The molecule has 138 valence electrons. The average molecular weight is 374 g/mol. The minimum atomic E-state index is -0.280. The van der Waals surface area contributed by atoms with Crippen molar-refractivity contribution in [3.63, 3.8) is 0 Å². The van der Waals surface area contributed by atoms with Crippen LogP contribution in [-0.2, 0) is 11.2 Å². The molecule has 1 aromatic carbocycles. The molecule has 0 bridgehead atoms. The van der Waals surface area contributed by atoms with Gasteiger partial charge in [0.1, 0.15) is 0 Å². The molecule has 8 heteroatoms. The summed E-state index contributed by atoms with van der Waals surface area (Å²) in [6.45, 7) is 1.82. The number of nitrogens with zero attached hydrogens (tertiary/aromatic N) is 1. The Morgan fingerprint density at radius 2 is 2.08 bits per heavy atom. The van der Waals surface area contributed by atoms with Crippen LogP contribution < -0.4 is 16.0 Å². The first kappa shape index (κ1) is 18.3. The Morgan fingerprint density at radius 3 is 2.77 bits per heavy atom. The standard InChI is InChI=1S/C18H22N4O3S/c23-17(21-12-15-2-1-10-25-15)13-3-5-14(6-4-13)22-18(24)20-8-7-16-19-9-11-26-16/h3-6,9,11,15H,1-2,7-8,10,12H2,(H,21,23)(H2,20,22,24)/t15-/m0/s1. The Hall–Kier alpha value is -2.45. The van der Waals surface area contributed by atoms with Gasteiger partial charge in [-0.05, 0) is 37.1 Å². The van der Waals surface area contributed by atoms with Crippen LogP contribution in [0.15, 0.2) is 35.8 Å². The fourth-order valence-corrected chi connectivity index (χ4v) is 3.27. The number of nitrogens with one attached hydrogen (secondary N) is 3. The normalized spacial score (nSPS) is 16.2. The second kappa shape index (κ2) is 9.30. The molecule has 2 heterocycles. The predicted molar refractivity (Wildman–Crippen MR) is 101 cm³/mol. The van der Waals surface area contributed by atoms with E-state index in [4.69, 9.17) is 4.74 Å². The number of aromatic nitrogens is 1. The summed E-state index contributed by atoms with van der Waals surface area (Å²) in [4.78, 5) is 28.2. The number of anilines is 1. The quantitative estimate of drug-likeness (QED) is 0.694. The van der Waals surface area contributed by atoms with Gasteiger partial charge in [0.15, 0.2) is 0 Å². The van der Waals surface area contributed by atoms with Crippen molar-refractivity contribution >= 4 is 29.0 Å². The molecule has 0 unspecified atom stereocenters. The summed E-state index contributed by atoms with van der Waals surface area (Å²) in [5.41, 5.74) is 1.19. The lowest BCUT2D eigenvalue weighted by molar-refractivity contribution is 0.0858. The molecule has 1 fully saturated rings. The zero-order valence-electron chi connectivity index (χ0n) is 14.4. The first-order chi connectivity index (χ1) is 12.7. The van der Waals surface area contributed by atoms with Crippen molar-refractivity contribution in [1.29, 1.82) is 0 Å². The number of thiazole rings is 1. The molecule has 0 radical (unpaired) electrons. The van der Waals surface area contributed by atoms with E-state index in [1.54, 1.807) is 41.8 Å². The monoisotopic (exact) mass is 374 g/mol. The second-order valence-corrected chi connectivity index (χ2v) is 6.96. The SMILES string of the molecule is O=C(NCCc1nccs1)Nc1ccc(C(=O)NC[C@@H]2CCCO2)cc1. The van der Waals surface area contributed by atoms with Crippen LogP contribution in [0.5, 0.6) is 0 Å². The van der Waals surface area contributed by atoms with Crippen LogP contribution >= 0.6 is 11.3 Å². The Balaban J connectivity index is 1.40. The van der Waals surface area contributed by atoms with Crippen LogP contribution in [0, 0.1) is 0 Å². The van der Waals surface area contributed by atoms with Gasteiger partial charge in [0, 0.05) is 48.9 Å². The van der Waals surface area contributed by atoms with E-state index in [0.717, 1.165) is 24.5 Å². The number of carbonyl (C=O) groups excluding carboxylic acids is 2. The van der Waals surface area contributed by atoms with E-state index >= 15 is 0 Å². The Labute approximate surface area is 156 Å². The Bertz CT molecular complexity index is 713. The fourth-order valence-electron chi connectivity index (χ4n) is 2.65. The summed E-state index contributed by atoms with van der Waals surface area (Å²) in [5, 5.41) is 11.3. The minimum absolute atomic E-state index is 0.118. The number of urea groups is 1. The lowest BCUT2D eigenvalue weighted by atomic mass is 10.2. The van der Waals surface area contributed by atoms with Crippen LogP contribution in [-0.4, -0.2) is 42.7 Å². The molecular weight excluding hydrogens is 352 g/mol. The lowest BCUT2D eigenvalue weighted by Crippen LogP contribution is -2.32. The Kier molecular flexibility index (Phi) is 6.56. The smallest absolute Gasteiger partial charge is 0.319 e. The summed E-state index contributed by atoms with van der Waals surface area (Å²) in [6, 6.07) is 6.52. The zero-order valence-corrected chi connectivity index (χ0v) is 15.2. The molecule has 1 aliphatic heterocycles. The number of rotatable bonds is 7. The van der Waals surface area contributed by atoms with Crippen LogP contribution in [0.3, 0.4) is 0 Å². The molecule has 1 aromatic heterocycles. The summed E-state index contributed by atoms with van der Waals surface area (Å²) in [5.74, 6) is -0.139. The van der Waals surface area contributed by atoms with Crippen molar-refractivity contribution < 1.29 is 14.3 Å². The predicted octanol–water partition coefficient (Wildman–Crippen LogP) is 2.42. The summed E-state index contributed by atoms with van der Waals surface area (Å²) in [6.07, 6.45) is 4.61. The summed E-state index contributed by atoms with van der Waals surface area (Å²) in [7, 11) is 0. The fraction of sp³-hybridized carbons (Fsp3) is 0.389. The molecule has 3 amide bonds. The van der Waals surface area contributed by atoms with Crippen molar-refractivity contribution in [2.24, 2.45) is 0 Å². The second-order valence-electron chi connectivity index (χ2n) is 5.98. The number of hydrogen-bond donors (Lipinski definition) is 3. The highest BCUT2D eigenvalue weighted by molar-refractivity contribution is 7.09. The average Bonchev–Trinajstić information content (AvgIpc) is 3.34. The van der Waals surface area contributed by atoms with Gasteiger partial charge in [-0.3, -0.25) is 4.79 Å². The van der Waals surface area contributed by atoms with Crippen molar-refractivity contribution in [2.75, 3.05) is 25.0 Å². The van der Waals surface area contributed by atoms with E-state index in [-0.39, 0.29) is 18.0 Å². The molecule has 7 nitrogen and oxygen atoms in total. The van der Waals surface area contributed by atoms with E-state index in [1.807, 2.05) is 5.38 Å². The molecule has 1 saturated heterocycles. The molecular formula is C18H22N4O3S. The molecule has 3 rings (SSSR count). The summed E-state index contributed by atoms with van der Waals surface area (Å²) >= 11 is 1.57. The maximum absolute atomic E-state index is 12.1. The van der Waals surface area contributed by atoms with Gasteiger partial charge in [-0.1, -0.05) is 0 Å². The highest BCUT2D eigenvalue weighted by Gasteiger charge is 2.16. The number of ether oxygens (including phenoxy) is 1. The van der Waals surface area contributed by atoms with E-state index in [2.05, 4.69) is 20.9 Å². The van der Waals surface area contributed by atoms with Crippen LogP contribution in [0.2, 0.25) is 0 Å². The van der Waals surface area contributed by atoms with Gasteiger partial charge in [-0.15, -0.1) is 11.3 Å². The third kappa shape index (κ3) is 5.53. The highest BCUT2D eigenvalue weighted by Crippen LogP contribution is 2.12. The van der Waals surface area contributed by atoms with Crippen molar-refractivity contribution in [2.45, 2.75) is 25.4 Å². The van der Waals surface area contributed by atoms with Gasteiger partial charge in [-0.25, -0.2) is 9.78 Å². The number of carbonyl (C=O) groups is 2. The van der Waals surface area contributed by atoms with E-state index in [0.29, 0.717) is 30.8 Å². The topological polar surface area (TPSA) is 92.4 Å². The lowest BCUT2D eigenvalue weighted by Gasteiger charge is -2.11. The Morgan fingerprint density at radius 1 is 1.23 bits per heavy atom. The van der Waals surface area contributed by atoms with Gasteiger partial charge in [0.2, 0.25) is 0 Å². The zero-order chi connectivity index (χ0) is 18.2. The van der Waals surface area contributed by atoms with E-state index in [1.165, 1.54) is 0 Å². The van der Waals surface area contributed by atoms with Gasteiger partial charge in [0.05, 0.1) is 11.1 Å². The third-order valence-electron chi connectivity index (χ3n) is 4.03. The first-order valence-corrected chi connectivity index (χ1v) is 9.52. The first-order valence-electron chi connectivity index (χ1n) is 8.64.